The summed E-state index contributed by atoms with van der Waals surface area (Å²) in [5, 5.41) is 0.593. The number of nitrogens with two attached hydrogens (primary N) is 1. The van der Waals surface area contributed by atoms with Gasteiger partial charge in [-0.2, -0.15) is 11.8 Å². The van der Waals surface area contributed by atoms with E-state index < -0.39 is 0 Å². The molecule has 0 saturated heterocycles. The number of pyridine rings is 1. The Balaban J connectivity index is 2.16. The number of aromatic nitrogens is 1. The Bertz CT molecular complexity index is 530. The zero-order chi connectivity index (χ0) is 13.0. The van der Waals surface area contributed by atoms with Crippen LogP contribution in [-0.2, 0) is 5.75 Å². The molecule has 2 rings (SSSR count). The van der Waals surface area contributed by atoms with Crippen molar-refractivity contribution in [2.45, 2.75) is 25.1 Å². The molecule has 0 aliphatic heterocycles. The number of thioether (sulfide) groups is 1. The Kier molecular flexibility index (Phi) is 4.55. The summed E-state index contributed by atoms with van der Waals surface area (Å²) in [5.41, 5.74) is 7.71. The number of benzene rings is 1. The fourth-order valence-electron chi connectivity index (χ4n) is 1.75. The topological polar surface area (TPSA) is 38.9 Å². The van der Waals surface area contributed by atoms with Crippen LogP contribution in [0, 0.1) is 5.82 Å². The van der Waals surface area contributed by atoms with Crippen molar-refractivity contribution < 1.29 is 4.39 Å². The van der Waals surface area contributed by atoms with Gasteiger partial charge in [0.05, 0.1) is 5.52 Å². The average molecular weight is 264 g/mol. The molecule has 1 aromatic heterocycles. The molecule has 0 aliphatic rings. The summed E-state index contributed by atoms with van der Waals surface area (Å²) in [6, 6.07) is 7.09. The van der Waals surface area contributed by atoms with Gasteiger partial charge in [-0.05, 0) is 30.2 Å². The van der Waals surface area contributed by atoms with Crippen molar-refractivity contribution in [2.24, 2.45) is 5.73 Å². The molecule has 4 heteroatoms. The molecule has 0 fully saturated rings. The lowest BCUT2D eigenvalue weighted by Gasteiger charge is -2.09. The molecule has 2 N–H and O–H groups in total. The summed E-state index contributed by atoms with van der Waals surface area (Å²) in [7, 11) is 0. The second-order valence-corrected chi connectivity index (χ2v) is 5.32. The summed E-state index contributed by atoms with van der Waals surface area (Å²) in [4.78, 5) is 4.28. The van der Waals surface area contributed by atoms with E-state index in [-0.39, 0.29) is 11.9 Å². The van der Waals surface area contributed by atoms with Crippen LogP contribution in [0.2, 0.25) is 0 Å². The highest BCUT2D eigenvalue weighted by molar-refractivity contribution is 7.98. The largest absolute Gasteiger partial charge is 0.327 e. The molecular weight excluding hydrogens is 247 g/mol. The molecule has 0 radical (unpaired) electrons. The summed E-state index contributed by atoms with van der Waals surface area (Å²) in [5.74, 6) is 1.53. The van der Waals surface area contributed by atoms with Gasteiger partial charge in [-0.1, -0.05) is 13.0 Å². The van der Waals surface area contributed by atoms with Gasteiger partial charge in [0.25, 0.3) is 0 Å². The van der Waals surface area contributed by atoms with E-state index >= 15 is 0 Å². The number of hydrogen-bond donors (Lipinski definition) is 1. The molecule has 1 heterocycles. The molecule has 0 bridgehead atoms. The maximum Gasteiger partial charge on any atom is 0.132 e. The van der Waals surface area contributed by atoms with E-state index in [9.17, 15) is 4.39 Å². The van der Waals surface area contributed by atoms with Crippen molar-refractivity contribution in [3.8, 4) is 0 Å². The molecule has 2 nitrogen and oxygen atoms in total. The molecule has 0 amide bonds. The first-order valence-electron chi connectivity index (χ1n) is 6.07. The van der Waals surface area contributed by atoms with Gasteiger partial charge in [-0.15, -0.1) is 0 Å². The molecule has 0 spiro atoms. The van der Waals surface area contributed by atoms with E-state index in [2.05, 4.69) is 11.9 Å². The van der Waals surface area contributed by atoms with Crippen LogP contribution in [0.3, 0.4) is 0 Å². The summed E-state index contributed by atoms with van der Waals surface area (Å²) in [6.07, 6.45) is 2.68. The van der Waals surface area contributed by atoms with E-state index in [1.165, 1.54) is 6.07 Å². The third-order valence-electron chi connectivity index (χ3n) is 2.91. The Morgan fingerprint density at radius 3 is 3.00 bits per heavy atom. The number of hydrogen-bond acceptors (Lipinski definition) is 3. The van der Waals surface area contributed by atoms with Gasteiger partial charge < -0.3 is 5.73 Å². The van der Waals surface area contributed by atoms with Crippen molar-refractivity contribution in [1.29, 1.82) is 0 Å². The normalized spacial score (nSPS) is 12.8. The highest BCUT2D eigenvalue weighted by atomic mass is 32.2. The molecule has 0 aliphatic carbocycles. The second kappa shape index (κ2) is 6.16. The average Bonchev–Trinajstić information content (AvgIpc) is 2.41. The van der Waals surface area contributed by atoms with Gasteiger partial charge in [0.2, 0.25) is 0 Å². The summed E-state index contributed by atoms with van der Waals surface area (Å²) >= 11 is 1.77. The highest BCUT2D eigenvalue weighted by Crippen LogP contribution is 2.23. The molecule has 1 unspecified atom stereocenters. The van der Waals surface area contributed by atoms with E-state index in [0.29, 0.717) is 5.39 Å². The fraction of sp³-hybridized carbons (Fsp3) is 0.357. The van der Waals surface area contributed by atoms with Crippen molar-refractivity contribution in [3.63, 3.8) is 0 Å². The lowest BCUT2D eigenvalue weighted by molar-refractivity contribution is 0.639. The van der Waals surface area contributed by atoms with Crippen LogP contribution in [0.25, 0.3) is 10.9 Å². The molecule has 1 atom stereocenters. The van der Waals surface area contributed by atoms with Crippen LogP contribution in [0.4, 0.5) is 4.39 Å². The molecule has 96 valence electrons. The number of rotatable bonds is 5. The zero-order valence-corrected chi connectivity index (χ0v) is 11.2. The van der Waals surface area contributed by atoms with Crippen molar-refractivity contribution in [3.05, 3.63) is 41.8 Å². The summed E-state index contributed by atoms with van der Waals surface area (Å²) < 4.78 is 13.6. The van der Waals surface area contributed by atoms with E-state index in [1.807, 2.05) is 6.07 Å². The number of nitrogens with zero attached hydrogens (tertiary/aromatic N) is 1. The number of fused-ring (bicyclic) bond motifs is 1. The minimum absolute atomic E-state index is 0.211. The minimum Gasteiger partial charge on any atom is -0.327 e. The SMILES string of the molecule is CCC(N)CSCc1ccc(F)c2cccnc12. The standard InChI is InChI=1S/C14H17FN2S/c1-2-11(16)9-18-8-10-5-6-13(15)12-4-3-7-17-14(10)12/h3-7,11H,2,8-9,16H2,1H3. The van der Waals surface area contributed by atoms with E-state index in [0.717, 1.165) is 29.0 Å². The van der Waals surface area contributed by atoms with Crippen LogP contribution in [-0.4, -0.2) is 16.8 Å². The molecule has 0 saturated carbocycles. The minimum atomic E-state index is -0.211. The van der Waals surface area contributed by atoms with Gasteiger partial charge in [0.15, 0.2) is 0 Å². The summed E-state index contributed by atoms with van der Waals surface area (Å²) in [6.45, 7) is 2.08. The molecule has 18 heavy (non-hydrogen) atoms. The van der Waals surface area contributed by atoms with E-state index in [4.69, 9.17) is 5.73 Å². The van der Waals surface area contributed by atoms with Crippen LogP contribution < -0.4 is 5.73 Å². The Morgan fingerprint density at radius 2 is 2.22 bits per heavy atom. The zero-order valence-electron chi connectivity index (χ0n) is 10.4. The van der Waals surface area contributed by atoms with Crippen molar-refractivity contribution in [2.75, 3.05) is 5.75 Å². The van der Waals surface area contributed by atoms with Gasteiger partial charge in [-0.25, -0.2) is 4.39 Å². The fourth-order valence-corrected chi connectivity index (χ4v) is 2.86. The van der Waals surface area contributed by atoms with Crippen molar-refractivity contribution in [1.82, 2.24) is 4.98 Å². The van der Waals surface area contributed by atoms with Gasteiger partial charge in [0, 0.05) is 29.1 Å². The Morgan fingerprint density at radius 1 is 1.39 bits per heavy atom. The van der Waals surface area contributed by atoms with Crippen LogP contribution in [0.15, 0.2) is 30.5 Å². The van der Waals surface area contributed by atoms with Crippen LogP contribution in [0.1, 0.15) is 18.9 Å². The van der Waals surface area contributed by atoms with Gasteiger partial charge in [0.1, 0.15) is 5.82 Å². The van der Waals surface area contributed by atoms with Gasteiger partial charge in [-0.3, -0.25) is 4.98 Å². The quantitative estimate of drug-likeness (QED) is 0.900. The maximum atomic E-state index is 13.6. The highest BCUT2D eigenvalue weighted by Gasteiger charge is 2.07. The Labute approximate surface area is 111 Å². The predicted molar refractivity (Wildman–Crippen MR) is 76.1 cm³/mol. The number of halogens is 1. The molecule has 2 aromatic rings. The van der Waals surface area contributed by atoms with Crippen LogP contribution in [0.5, 0.6) is 0 Å². The maximum absolute atomic E-state index is 13.6. The first-order chi connectivity index (χ1) is 8.72. The lowest BCUT2D eigenvalue weighted by atomic mass is 10.1. The van der Waals surface area contributed by atoms with E-state index in [1.54, 1.807) is 30.1 Å². The lowest BCUT2D eigenvalue weighted by Crippen LogP contribution is -2.21. The molecule has 1 aromatic carbocycles. The van der Waals surface area contributed by atoms with Crippen molar-refractivity contribution >= 4 is 22.7 Å². The third-order valence-corrected chi connectivity index (χ3v) is 4.09. The first kappa shape index (κ1) is 13.3. The third kappa shape index (κ3) is 3.00. The predicted octanol–water partition coefficient (Wildman–Crippen LogP) is 3.34. The first-order valence-corrected chi connectivity index (χ1v) is 7.23. The van der Waals surface area contributed by atoms with Gasteiger partial charge >= 0.3 is 0 Å². The smallest absolute Gasteiger partial charge is 0.132 e. The van der Waals surface area contributed by atoms with Crippen LogP contribution >= 0.6 is 11.8 Å². The monoisotopic (exact) mass is 264 g/mol. The molecular formula is C14H17FN2S. The Hall–Kier alpha value is -1.13. The second-order valence-electron chi connectivity index (χ2n) is 4.29.